The Morgan fingerprint density at radius 3 is 2.50 bits per heavy atom. The van der Waals surface area contributed by atoms with E-state index < -0.39 is 0 Å². The van der Waals surface area contributed by atoms with Crippen LogP contribution < -0.4 is 5.32 Å². The van der Waals surface area contributed by atoms with Crippen LogP contribution in [0.25, 0.3) is 11.8 Å². The molecular formula is C16H14ClN5. The molecule has 22 heavy (non-hydrogen) atoms. The maximum Gasteiger partial charge on any atom is 0.181 e. The van der Waals surface area contributed by atoms with Crippen molar-refractivity contribution in [3.05, 3.63) is 71.1 Å². The van der Waals surface area contributed by atoms with Crippen LogP contribution in [0.5, 0.6) is 0 Å². The van der Waals surface area contributed by atoms with Crippen LogP contribution >= 0.6 is 11.6 Å². The van der Waals surface area contributed by atoms with Crippen molar-refractivity contribution in [2.75, 3.05) is 5.32 Å². The lowest BCUT2D eigenvalue weighted by molar-refractivity contribution is 0.787. The zero-order chi connectivity index (χ0) is 15.4. The fraction of sp³-hybridized carbons (Fsp3) is 0.0625. The van der Waals surface area contributed by atoms with E-state index in [1.165, 1.54) is 5.56 Å². The maximum atomic E-state index is 5.89. The smallest absolute Gasteiger partial charge is 0.181 e. The Bertz CT molecular complexity index is 775. The van der Waals surface area contributed by atoms with Crippen LogP contribution in [0.3, 0.4) is 0 Å². The van der Waals surface area contributed by atoms with Gasteiger partial charge >= 0.3 is 0 Å². The molecule has 0 radical (unpaired) electrons. The monoisotopic (exact) mass is 311 g/mol. The standard InChI is InChI=1S/C16H14ClN5/c1-12-2-6-14(7-3-12)18-11-10-16-19-20-21-22(16)15-8-4-13(17)5-9-15/h2-11,18H,1H3/b11-10+. The van der Waals surface area contributed by atoms with Crippen molar-refractivity contribution < 1.29 is 0 Å². The van der Waals surface area contributed by atoms with Crippen LogP contribution in [-0.2, 0) is 0 Å². The van der Waals surface area contributed by atoms with Gasteiger partial charge in [0.15, 0.2) is 5.82 Å². The molecule has 110 valence electrons. The predicted molar refractivity (Wildman–Crippen MR) is 88.0 cm³/mol. The summed E-state index contributed by atoms with van der Waals surface area (Å²) in [6.07, 6.45) is 3.62. The molecule has 0 fully saturated rings. The summed E-state index contributed by atoms with van der Waals surface area (Å²) >= 11 is 5.89. The van der Waals surface area contributed by atoms with Crippen LogP contribution in [0.4, 0.5) is 5.69 Å². The van der Waals surface area contributed by atoms with Crippen molar-refractivity contribution >= 4 is 23.4 Å². The molecule has 0 saturated carbocycles. The van der Waals surface area contributed by atoms with Crippen molar-refractivity contribution in [2.45, 2.75) is 6.92 Å². The number of nitrogens with zero attached hydrogens (tertiary/aromatic N) is 4. The van der Waals surface area contributed by atoms with Gasteiger partial charge in [-0.3, -0.25) is 0 Å². The van der Waals surface area contributed by atoms with E-state index in [-0.39, 0.29) is 0 Å². The van der Waals surface area contributed by atoms with E-state index in [1.54, 1.807) is 16.8 Å². The van der Waals surface area contributed by atoms with Gasteiger partial charge in [-0.25, -0.2) is 0 Å². The normalized spacial score (nSPS) is 11.0. The molecule has 0 aliphatic rings. The predicted octanol–water partition coefficient (Wildman–Crippen LogP) is 3.71. The summed E-state index contributed by atoms with van der Waals surface area (Å²) < 4.78 is 1.64. The second kappa shape index (κ2) is 6.41. The average molecular weight is 312 g/mol. The Morgan fingerprint density at radius 2 is 1.77 bits per heavy atom. The van der Waals surface area contributed by atoms with Gasteiger partial charge in [-0.2, -0.15) is 4.68 Å². The highest BCUT2D eigenvalue weighted by Gasteiger charge is 2.04. The van der Waals surface area contributed by atoms with Crippen LogP contribution in [0.15, 0.2) is 54.7 Å². The number of tetrazole rings is 1. The van der Waals surface area contributed by atoms with Gasteiger partial charge in [0.1, 0.15) is 0 Å². The third-order valence-corrected chi connectivity index (χ3v) is 3.35. The second-order valence-corrected chi connectivity index (χ2v) is 5.21. The topological polar surface area (TPSA) is 55.6 Å². The molecule has 0 spiro atoms. The van der Waals surface area contributed by atoms with Gasteiger partial charge in [-0.05, 0) is 53.7 Å². The number of benzene rings is 2. The first kappa shape index (κ1) is 14.3. The van der Waals surface area contributed by atoms with E-state index in [4.69, 9.17) is 11.6 Å². The number of halogens is 1. The minimum Gasteiger partial charge on any atom is -0.362 e. The Labute approximate surface area is 133 Å². The van der Waals surface area contributed by atoms with Gasteiger partial charge in [0.2, 0.25) is 0 Å². The lowest BCUT2D eigenvalue weighted by Gasteiger charge is -2.02. The highest BCUT2D eigenvalue weighted by molar-refractivity contribution is 6.30. The highest BCUT2D eigenvalue weighted by Crippen LogP contribution is 2.14. The van der Waals surface area contributed by atoms with Crippen LogP contribution in [0.2, 0.25) is 5.02 Å². The van der Waals surface area contributed by atoms with Crippen molar-refractivity contribution in [3.63, 3.8) is 0 Å². The number of hydrogen-bond donors (Lipinski definition) is 1. The molecule has 0 unspecified atom stereocenters. The van der Waals surface area contributed by atoms with Gasteiger partial charge < -0.3 is 5.32 Å². The molecule has 1 N–H and O–H groups in total. The fourth-order valence-electron chi connectivity index (χ4n) is 1.93. The lowest BCUT2D eigenvalue weighted by Crippen LogP contribution is -1.99. The summed E-state index contributed by atoms with van der Waals surface area (Å²) in [5, 5.41) is 15.6. The molecule has 0 saturated heterocycles. The van der Waals surface area contributed by atoms with Crippen molar-refractivity contribution in [2.24, 2.45) is 0 Å². The largest absolute Gasteiger partial charge is 0.362 e. The third kappa shape index (κ3) is 3.32. The number of aromatic nitrogens is 4. The van der Waals surface area contributed by atoms with Gasteiger partial charge in [0.05, 0.1) is 5.69 Å². The SMILES string of the molecule is Cc1ccc(N/C=C/c2nnnn2-c2ccc(Cl)cc2)cc1. The molecular weight excluding hydrogens is 298 g/mol. The van der Waals surface area contributed by atoms with Gasteiger partial charge in [0, 0.05) is 23.0 Å². The summed E-state index contributed by atoms with van der Waals surface area (Å²) in [6, 6.07) is 15.5. The van der Waals surface area contributed by atoms with Crippen LogP contribution in [0.1, 0.15) is 11.4 Å². The van der Waals surface area contributed by atoms with E-state index in [1.807, 2.05) is 48.7 Å². The number of nitrogens with one attached hydrogen (secondary N) is 1. The number of aryl methyl sites for hydroxylation is 1. The highest BCUT2D eigenvalue weighted by atomic mass is 35.5. The summed E-state index contributed by atoms with van der Waals surface area (Å²) in [5.74, 6) is 0.627. The molecule has 0 aliphatic carbocycles. The molecule has 0 atom stereocenters. The van der Waals surface area contributed by atoms with Gasteiger partial charge in [0.25, 0.3) is 0 Å². The molecule has 0 bridgehead atoms. The van der Waals surface area contributed by atoms with Gasteiger partial charge in [-0.15, -0.1) is 5.10 Å². The molecule has 1 aromatic heterocycles. The molecule has 2 aromatic carbocycles. The summed E-state index contributed by atoms with van der Waals surface area (Å²) in [6.45, 7) is 2.06. The summed E-state index contributed by atoms with van der Waals surface area (Å²) in [7, 11) is 0. The Balaban J connectivity index is 1.76. The van der Waals surface area contributed by atoms with E-state index >= 15 is 0 Å². The van der Waals surface area contributed by atoms with Crippen molar-refractivity contribution in [1.29, 1.82) is 0 Å². The lowest BCUT2D eigenvalue weighted by atomic mass is 10.2. The second-order valence-electron chi connectivity index (χ2n) is 4.77. The Kier molecular flexibility index (Phi) is 4.16. The summed E-state index contributed by atoms with van der Waals surface area (Å²) in [4.78, 5) is 0. The van der Waals surface area contributed by atoms with Crippen molar-refractivity contribution in [3.8, 4) is 5.69 Å². The maximum absolute atomic E-state index is 5.89. The summed E-state index contributed by atoms with van der Waals surface area (Å²) in [5.41, 5.74) is 3.08. The van der Waals surface area contributed by atoms with E-state index in [2.05, 4.69) is 27.8 Å². The van der Waals surface area contributed by atoms with Crippen LogP contribution in [-0.4, -0.2) is 20.2 Å². The Hall–Kier alpha value is -2.66. The first-order valence-corrected chi connectivity index (χ1v) is 7.14. The third-order valence-electron chi connectivity index (χ3n) is 3.10. The number of anilines is 1. The number of hydrogen-bond acceptors (Lipinski definition) is 4. The molecule has 0 amide bonds. The molecule has 0 aliphatic heterocycles. The van der Waals surface area contributed by atoms with Crippen LogP contribution in [0, 0.1) is 6.92 Å². The molecule has 3 aromatic rings. The minimum absolute atomic E-state index is 0.627. The van der Waals surface area contributed by atoms with E-state index in [0.717, 1.165) is 11.4 Å². The number of rotatable bonds is 4. The first-order valence-electron chi connectivity index (χ1n) is 6.76. The van der Waals surface area contributed by atoms with E-state index in [9.17, 15) is 0 Å². The average Bonchev–Trinajstić information content (AvgIpc) is 2.98. The molecule has 5 nitrogen and oxygen atoms in total. The zero-order valence-electron chi connectivity index (χ0n) is 11.9. The van der Waals surface area contributed by atoms with Gasteiger partial charge in [-0.1, -0.05) is 29.3 Å². The Morgan fingerprint density at radius 1 is 1.05 bits per heavy atom. The zero-order valence-corrected chi connectivity index (χ0v) is 12.7. The first-order chi connectivity index (χ1) is 10.7. The van der Waals surface area contributed by atoms with E-state index in [0.29, 0.717) is 10.8 Å². The molecule has 3 rings (SSSR count). The molecule has 1 heterocycles. The minimum atomic E-state index is 0.627. The fourth-order valence-corrected chi connectivity index (χ4v) is 2.05. The van der Waals surface area contributed by atoms with Crippen molar-refractivity contribution in [1.82, 2.24) is 20.2 Å². The molecule has 6 heteroatoms. The quantitative estimate of drug-likeness (QED) is 0.798.